The van der Waals surface area contributed by atoms with E-state index in [1.54, 1.807) is 0 Å². The molecule has 1 heterocycles. The van der Waals surface area contributed by atoms with Crippen LogP contribution in [0.25, 0.3) is 0 Å². The van der Waals surface area contributed by atoms with Crippen molar-refractivity contribution in [2.24, 2.45) is 0 Å². The van der Waals surface area contributed by atoms with Crippen molar-refractivity contribution in [3.05, 3.63) is 35.9 Å². The van der Waals surface area contributed by atoms with Gasteiger partial charge >= 0.3 is 0 Å². The van der Waals surface area contributed by atoms with Crippen molar-refractivity contribution in [2.45, 2.75) is 43.9 Å². The van der Waals surface area contributed by atoms with Crippen LogP contribution in [0.1, 0.15) is 44.7 Å². The van der Waals surface area contributed by atoms with Gasteiger partial charge in [0.1, 0.15) is 0 Å². The average Bonchev–Trinajstić information content (AvgIpc) is 2.79. The molecule has 1 N–H and O–H groups in total. The highest BCUT2D eigenvalue weighted by molar-refractivity contribution is 8.00. The van der Waals surface area contributed by atoms with Crippen molar-refractivity contribution in [1.29, 1.82) is 0 Å². The maximum absolute atomic E-state index is 3.72. The molecule has 0 bridgehead atoms. The first-order chi connectivity index (χ1) is 10.2. The highest BCUT2D eigenvalue weighted by Crippen LogP contribution is 2.32. The van der Waals surface area contributed by atoms with Gasteiger partial charge in [-0.3, -0.25) is 0 Å². The molecule has 0 amide bonds. The van der Waals surface area contributed by atoms with Crippen molar-refractivity contribution in [2.75, 3.05) is 32.4 Å². The molecule has 1 saturated heterocycles. The number of hydrogen-bond acceptors (Lipinski definition) is 3. The van der Waals surface area contributed by atoms with E-state index in [0.717, 1.165) is 13.1 Å². The Hall–Kier alpha value is -0.510. The largest absolute Gasteiger partial charge is 0.309 e. The normalized spacial score (nSPS) is 21.2. The molecule has 0 aliphatic carbocycles. The predicted molar refractivity (Wildman–Crippen MR) is 95.1 cm³/mol. The molecule has 0 spiro atoms. The van der Waals surface area contributed by atoms with Gasteiger partial charge in [-0.2, -0.15) is 11.8 Å². The zero-order chi connectivity index (χ0) is 15.1. The Morgan fingerprint density at radius 2 is 1.95 bits per heavy atom. The van der Waals surface area contributed by atoms with Crippen LogP contribution in [0.4, 0.5) is 0 Å². The Morgan fingerprint density at radius 3 is 2.57 bits per heavy atom. The molecular weight excluding hydrogens is 276 g/mol. The quantitative estimate of drug-likeness (QED) is 0.857. The van der Waals surface area contributed by atoms with Crippen molar-refractivity contribution >= 4 is 11.8 Å². The number of benzene rings is 1. The summed E-state index contributed by atoms with van der Waals surface area (Å²) in [6.07, 6.45) is 6.04. The Bertz CT molecular complexity index is 395. The van der Waals surface area contributed by atoms with E-state index >= 15 is 0 Å². The lowest BCUT2D eigenvalue weighted by atomic mass is 10.0. The van der Waals surface area contributed by atoms with Crippen molar-refractivity contribution in [3.8, 4) is 0 Å². The highest BCUT2D eigenvalue weighted by Gasteiger charge is 2.29. The third kappa shape index (κ3) is 4.48. The zero-order valence-electron chi connectivity index (χ0n) is 13.8. The third-order valence-electron chi connectivity index (χ3n) is 4.92. The van der Waals surface area contributed by atoms with Crippen LogP contribution in [-0.2, 0) is 0 Å². The molecule has 1 fully saturated rings. The molecule has 1 atom stereocenters. The molecule has 1 aromatic carbocycles. The summed E-state index contributed by atoms with van der Waals surface area (Å²) >= 11 is 2.05. The van der Waals surface area contributed by atoms with E-state index in [1.165, 1.54) is 37.9 Å². The van der Waals surface area contributed by atoms with Gasteiger partial charge in [0.25, 0.3) is 0 Å². The lowest BCUT2D eigenvalue weighted by Gasteiger charge is -2.36. The molecule has 1 aliphatic rings. The monoisotopic (exact) mass is 306 g/mol. The zero-order valence-corrected chi connectivity index (χ0v) is 14.6. The molecule has 0 aromatic heterocycles. The molecule has 1 aromatic rings. The molecule has 1 unspecified atom stereocenters. The Morgan fingerprint density at radius 1 is 1.24 bits per heavy atom. The minimum atomic E-state index is 0.422. The summed E-state index contributed by atoms with van der Waals surface area (Å²) in [5, 5.41) is 3.72. The summed E-state index contributed by atoms with van der Waals surface area (Å²) in [5.74, 6) is 0. The number of rotatable bonds is 6. The molecular formula is C18H30N2S. The van der Waals surface area contributed by atoms with E-state index in [2.05, 4.69) is 72.4 Å². The van der Waals surface area contributed by atoms with Crippen LogP contribution in [0.15, 0.2) is 30.3 Å². The van der Waals surface area contributed by atoms with E-state index in [-0.39, 0.29) is 0 Å². The highest BCUT2D eigenvalue weighted by atomic mass is 32.2. The summed E-state index contributed by atoms with van der Waals surface area (Å²) in [6, 6.07) is 11.4. The second kappa shape index (κ2) is 8.21. The number of thioether (sulfide) groups is 1. The van der Waals surface area contributed by atoms with E-state index in [9.17, 15) is 0 Å². The summed E-state index contributed by atoms with van der Waals surface area (Å²) < 4.78 is 0.422. The lowest BCUT2D eigenvalue weighted by Crippen LogP contribution is -2.42. The topological polar surface area (TPSA) is 15.3 Å². The molecule has 21 heavy (non-hydrogen) atoms. The van der Waals surface area contributed by atoms with Crippen LogP contribution in [-0.4, -0.2) is 42.1 Å². The Labute approximate surface area is 134 Å². The van der Waals surface area contributed by atoms with Crippen molar-refractivity contribution in [3.63, 3.8) is 0 Å². The average molecular weight is 307 g/mol. The second-order valence-corrected chi connectivity index (χ2v) is 7.37. The van der Waals surface area contributed by atoms with Gasteiger partial charge in [-0.1, -0.05) is 44.2 Å². The first kappa shape index (κ1) is 16.9. The third-order valence-corrected chi connectivity index (χ3v) is 6.49. The SMILES string of the molecule is CCC(CC)(CN1CCCNC(c2ccccc2)C1)SC. The van der Waals surface area contributed by atoms with Crippen molar-refractivity contribution < 1.29 is 0 Å². The van der Waals surface area contributed by atoms with E-state index in [4.69, 9.17) is 0 Å². The summed E-state index contributed by atoms with van der Waals surface area (Å²) in [6.45, 7) is 9.37. The fraction of sp³-hybridized carbons (Fsp3) is 0.667. The van der Waals surface area contributed by atoms with Gasteiger partial charge in [0, 0.05) is 23.9 Å². The molecule has 1 aliphatic heterocycles. The smallest absolute Gasteiger partial charge is 0.0449 e. The van der Waals surface area contributed by atoms with Crippen LogP contribution in [0, 0.1) is 0 Å². The summed E-state index contributed by atoms with van der Waals surface area (Å²) in [7, 11) is 0. The Balaban J connectivity index is 2.06. The molecule has 118 valence electrons. The van der Waals surface area contributed by atoms with E-state index in [1.807, 2.05) is 0 Å². The first-order valence-electron chi connectivity index (χ1n) is 8.29. The number of hydrogen-bond donors (Lipinski definition) is 1. The fourth-order valence-corrected chi connectivity index (χ4v) is 4.17. The second-order valence-electron chi connectivity index (χ2n) is 6.10. The van der Waals surface area contributed by atoms with Crippen LogP contribution < -0.4 is 5.32 Å². The molecule has 2 nitrogen and oxygen atoms in total. The van der Waals surface area contributed by atoms with Crippen LogP contribution in [0.2, 0.25) is 0 Å². The summed E-state index contributed by atoms with van der Waals surface area (Å²) in [4.78, 5) is 2.68. The van der Waals surface area contributed by atoms with Crippen LogP contribution in [0.5, 0.6) is 0 Å². The van der Waals surface area contributed by atoms with Crippen LogP contribution in [0.3, 0.4) is 0 Å². The minimum Gasteiger partial charge on any atom is -0.309 e. The molecule has 0 radical (unpaired) electrons. The molecule has 3 heteroatoms. The van der Waals surface area contributed by atoms with Gasteiger partial charge in [-0.25, -0.2) is 0 Å². The van der Waals surface area contributed by atoms with Gasteiger partial charge in [0.2, 0.25) is 0 Å². The Kier molecular flexibility index (Phi) is 6.59. The minimum absolute atomic E-state index is 0.422. The molecule has 2 rings (SSSR count). The molecule has 0 saturated carbocycles. The van der Waals surface area contributed by atoms with Gasteiger partial charge < -0.3 is 10.2 Å². The van der Waals surface area contributed by atoms with Gasteiger partial charge in [-0.05, 0) is 44.2 Å². The standard InChI is InChI=1S/C18H30N2S/c1-4-18(5-2,21-3)15-20-13-9-12-19-17(14-20)16-10-7-6-8-11-16/h6-8,10-11,17,19H,4-5,9,12-15H2,1-3H3. The maximum Gasteiger partial charge on any atom is 0.0449 e. The van der Waals surface area contributed by atoms with Gasteiger partial charge in [0.15, 0.2) is 0 Å². The fourth-order valence-electron chi connectivity index (χ4n) is 3.28. The number of nitrogens with zero attached hydrogens (tertiary/aromatic N) is 1. The van der Waals surface area contributed by atoms with Gasteiger partial charge in [-0.15, -0.1) is 0 Å². The maximum atomic E-state index is 3.72. The number of nitrogens with one attached hydrogen (secondary N) is 1. The van der Waals surface area contributed by atoms with Gasteiger partial charge in [0.05, 0.1) is 0 Å². The lowest BCUT2D eigenvalue weighted by molar-refractivity contribution is 0.235. The van der Waals surface area contributed by atoms with Crippen molar-refractivity contribution in [1.82, 2.24) is 10.2 Å². The first-order valence-corrected chi connectivity index (χ1v) is 9.51. The summed E-state index contributed by atoms with van der Waals surface area (Å²) in [5.41, 5.74) is 1.42. The van der Waals surface area contributed by atoms with Crippen LogP contribution >= 0.6 is 11.8 Å². The predicted octanol–water partition coefficient (Wildman–Crippen LogP) is 3.94. The van der Waals surface area contributed by atoms with E-state index < -0.39 is 0 Å². The van der Waals surface area contributed by atoms with E-state index in [0.29, 0.717) is 10.8 Å².